The molecule has 2 heterocycles. The monoisotopic (exact) mass is 229 g/mol. The summed E-state index contributed by atoms with van der Waals surface area (Å²) in [6.07, 6.45) is 1.96. The standard InChI is InChI=1S/C13H15N3O/c14-11-7-16(8-11)13(17)9-15-6-5-10-3-1-2-4-12(10)15/h1-6,11H,7-9,14H2. The van der Waals surface area contributed by atoms with E-state index in [0.29, 0.717) is 19.6 Å². The minimum atomic E-state index is 0.146. The Morgan fingerprint density at radius 3 is 2.82 bits per heavy atom. The van der Waals surface area contributed by atoms with Crippen molar-refractivity contribution < 1.29 is 4.79 Å². The van der Waals surface area contributed by atoms with Gasteiger partial charge in [-0.2, -0.15) is 0 Å². The average Bonchev–Trinajstić information content (AvgIpc) is 2.69. The minimum absolute atomic E-state index is 0.146. The number of carbonyl (C=O) groups excluding carboxylic acids is 1. The SMILES string of the molecule is NC1CN(C(=O)Cn2ccc3ccccc32)C1. The molecule has 1 aliphatic heterocycles. The quantitative estimate of drug-likeness (QED) is 0.828. The molecule has 1 fully saturated rings. The molecule has 2 N–H and O–H groups in total. The van der Waals surface area contributed by atoms with Crippen LogP contribution in [0, 0.1) is 0 Å². The number of nitrogens with zero attached hydrogens (tertiary/aromatic N) is 2. The van der Waals surface area contributed by atoms with Crippen molar-refractivity contribution >= 4 is 16.8 Å². The minimum Gasteiger partial charge on any atom is -0.338 e. The number of hydrogen-bond donors (Lipinski definition) is 1. The molecule has 0 unspecified atom stereocenters. The molecule has 0 saturated carbocycles. The van der Waals surface area contributed by atoms with Crippen LogP contribution in [0.1, 0.15) is 0 Å². The second kappa shape index (κ2) is 3.89. The number of para-hydroxylation sites is 1. The molecule has 0 aliphatic carbocycles. The number of rotatable bonds is 2. The Morgan fingerprint density at radius 2 is 2.06 bits per heavy atom. The highest BCUT2D eigenvalue weighted by Gasteiger charge is 2.27. The zero-order valence-corrected chi connectivity index (χ0v) is 9.54. The van der Waals surface area contributed by atoms with E-state index in [4.69, 9.17) is 5.73 Å². The van der Waals surface area contributed by atoms with Gasteiger partial charge in [-0.1, -0.05) is 18.2 Å². The predicted octanol–water partition coefficient (Wildman–Crippen LogP) is 0.811. The third-order valence-electron chi connectivity index (χ3n) is 3.25. The smallest absolute Gasteiger partial charge is 0.242 e. The van der Waals surface area contributed by atoms with Crippen molar-refractivity contribution in [2.24, 2.45) is 5.73 Å². The highest BCUT2D eigenvalue weighted by molar-refractivity contribution is 5.83. The molecule has 0 spiro atoms. The number of hydrogen-bond acceptors (Lipinski definition) is 2. The van der Waals surface area contributed by atoms with Crippen molar-refractivity contribution in [2.45, 2.75) is 12.6 Å². The Labute approximate surface area is 99.6 Å². The summed E-state index contributed by atoms with van der Waals surface area (Å²) in [7, 11) is 0. The molecule has 2 aromatic rings. The molecule has 1 aromatic heterocycles. The first-order valence-corrected chi connectivity index (χ1v) is 5.81. The Bertz CT molecular complexity index is 555. The van der Waals surface area contributed by atoms with Crippen molar-refractivity contribution in [3.8, 4) is 0 Å². The van der Waals surface area contributed by atoms with Gasteiger partial charge in [-0.05, 0) is 17.5 Å². The van der Waals surface area contributed by atoms with Crippen LogP contribution in [0.2, 0.25) is 0 Å². The van der Waals surface area contributed by atoms with Crippen LogP contribution in [0.3, 0.4) is 0 Å². The molecule has 1 saturated heterocycles. The number of nitrogens with two attached hydrogens (primary N) is 1. The number of aromatic nitrogens is 1. The van der Waals surface area contributed by atoms with Gasteiger partial charge in [0.15, 0.2) is 0 Å². The predicted molar refractivity (Wildman–Crippen MR) is 66.5 cm³/mol. The van der Waals surface area contributed by atoms with E-state index in [2.05, 4.69) is 6.07 Å². The lowest BCUT2D eigenvalue weighted by Crippen LogP contribution is -2.58. The topological polar surface area (TPSA) is 51.3 Å². The summed E-state index contributed by atoms with van der Waals surface area (Å²) >= 11 is 0. The lowest BCUT2D eigenvalue weighted by molar-refractivity contribution is -0.136. The number of fused-ring (bicyclic) bond motifs is 1. The number of amides is 1. The van der Waals surface area contributed by atoms with Crippen molar-refractivity contribution in [3.63, 3.8) is 0 Å². The summed E-state index contributed by atoms with van der Waals surface area (Å²) in [5, 5.41) is 1.17. The summed E-state index contributed by atoms with van der Waals surface area (Å²) in [6, 6.07) is 10.3. The van der Waals surface area contributed by atoms with Gasteiger partial charge in [0.25, 0.3) is 0 Å². The maximum Gasteiger partial charge on any atom is 0.242 e. The van der Waals surface area contributed by atoms with E-state index >= 15 is 0 Å². The second-order valence-electron chi connectivity index (χ2n) is 4.56. The van der Waals surface area contributed by atoms with Gasteiger partial charge in [-0.3, -0.25) is 4.79 Å². The van der Waals surface area contributed by atoms with Gasteiger partial charge in [0, 0.05) is 30.8 Å². The molecule has 1 aliphatic rings. The van der Waals surface area contributed by atoms with Crippen LogP contribution in [0.25, 0.3) is 10.9 Å². The van der Waals surface area contributed by atoms with E-state index in [0.717, 1.165) is 5.52 Å². The largest absolute Gasteiger partial charge is 0.338 e. The van der Waals surface area contributed by atoms with Gasteiger partial charge in [0.2, 0.25) is 5.91 Å². The molecule has 0 atom stereocenters. The Hall–Kier alpha value is -1.81. The van der Waals surface area contributed by atoms with Crippen LogP contribution in [-0.2, 0) is 11.3 Å². The molecule has 1 aromatic carbocycles. The van der Waals surface area contributed by atoms with Gasteiger partial charge in [0.05, 0.1) is 0 Å². The third kappa shape index (κ3) is 1.80. The van der Waals surface area contributed by atoms with Gasteiger partial charge in [0.1, 0.15) is 6.54 Å². The molecule has 17 heavy (non-hydrogen) atoms. The van der Waals surface area contributed by atoms with Gasteiger partial charge in [-0.25, -0.2) is 0 Å². The van der Waals surface area contributed by atoms with Crippen molar-refractivity contribution in [3.05, 3.63) is 36.5 Å². The van der Waals surface area contributed by atoms with E-state index in [9.17, 15) is 4.79 Å². The third-order valence-corrected chi connectivity index (χ3v) is 3.25. The van der Waals surface area contributed by atoms with E-state index in [1.807, 2.05) is 35.0 Å². The molecule has 0 radical (unpaired) electrons. The first-order valence-electron chi connectivity index (χ1n) is 5.81. The summed E-state index contributed by atoms with van der Waals surface area (Å²) in [5.41, 5.74) is 6.77. The number of likely N-dealkylation sites (tertiary alicyclic amines) is 1. The van der Waals surface area contributed by atoms with Gasteiger partial charge < -0.3 is 15.2 Å². The molecular formula is C13H15N3O. The lowest BCUT2D eigenvalue weighted by Gasteiger charge is -2.37. The van der Waals surface area contributed by atoms with Crippen LogP contribution in [0.4, 0.5) is 0 Å². The van der Waals surface area contributed by atoms with Crippen LogP contribution in [0.5, 0.6) is 0 Å². The van der Waals surface area contributed by atoms with Crippen LogP contribution < -0.4 is 5.73 Å². The van der Waals surface area contributed by atoms with Crippen LogP contribution in [-0.4, -0.2) is 34.5 Å². The Morgan fingerprint density at radius 1 is 1.29 bits per heavy atom. The molecule has 1 amide bonds. The average molecular weight is 229 g/mol. The molecule has 4 heteroatoms. The molecular weight excluding hydrogens is 214 g/mol. The summed E-state index contributed by atoms with van der Waals surface area (Å²) < 4.78 is 1.99. The first kappa shape index (κ1) is 10.4. The highest BCUT2D eigenvalue weighted by Crippen LogP contribution is 2.16. The second-order valence-corrected chi connectivity index (χ2v) is 4.56. The maximum absolute atomic E-state index is 11.9. The number of carbonyl (C=O) groups is 1. The molecule has 4 nitrogen and oxygen atoms in total. The van der Waals surface area contributed by atoms with Gasteiger partial charge >= 0.3 is 0 Å². The van der Waals surface area contributed by atoms with E-state index < -0.39 is 0 Å². The van der Waals surface area contributed by atoms with Crippen LogP contribution in [0.15, 0.2) is 36.5 Å². The Kier molecular flexibility index (Phi) is 2.37. The van der Waals surface area contributed by atoms with E-state index in [1.54, 1.807) is 4.90 Å². The highest BCUT2D eigenvalue weighted by atomic mass is 16.2. The maximum atomic E-state index is 11.9. The molecule has 88 valence electrons. The zero-order chi connectivity index (χ0) is 11.8. The fourth-order valence-corrected chi connectivity index (χ4v) is 2.24. The molecule has 0 bridgehead atoms. The fourth-order valence-electron chi connectivity index (χ4n) is 2.24. The molecule has 3 rings (SSSR count). The van der Waals surface area contributed by atoms with Crippen molar-refractivity contribution in [2.75, 3.05) is 13.1 Å². The summed E-state index contributed by atoms with van der Waals surface area (Å²) in [4.78, 5) is 13.7. The van der Waals surface area contributed by atoms with Crippen molar-refractivity contribution in [1.29, 1.82) is 0 Å². The van der Waals surface area contributed by atoms with E-state index in [-0.39, 0.29) is 11.9 Å². The van der Waals surface area contributed by atoms with E-state index in [1.165, 1.54) is 5.39 Å². The normalized spacial score (nSPS) is 16.2. The van der Waals surface area contributed by atoms with Crippen molar-refractivity contribution in [1.82, 2.24) is 9.47 Å². The summed E-state index contributed by atoms with van der Waals surface area (Å²) in [6.45, 7) is 1.79. The zero-order valence-electron chi connectivity index (χ0n) is 9.54. The fraction of sp³-hybridized carbons (Fsp3) is 0.308. The lowest BCUT2D eigenvalue weighted by atomic mass is 10.1. The summed E-state index contributed by atoms with van der Waals surface area (Å²) in [5.74, 6) is 0.146. The Balaban J connectivity index is 1.78. The first-order chi connectivity index (χ1) is 8.24. The van der Waals surface area contributed by atoms with Crippen LogP contribution >= 0.6 is 0 Å². The number of benzene rings is 1. The van der Waals surface area contributed by atoms with Gasteiger partial charge in [-0.15, -0.1) is 0 Å².